The minimum atomic E-state index is -0.367. The standard InChI is InChI=1S/C12H12FN3O/c1-8-3-4-9(5-10(8)13)11(17)6-12-14-7-15-16(12)2/h3-5,7H,6H2,1-2H3. The van der Waals surface area contributed by atoms with Gasteiger partial charge in [-0.3, -0.25) is 9.48 Å². The summed E-state index contributed by atoms with van der Waals surface area (Å²) in [5, 5.41) is 3.87. The lowest BCUT2D eigenvalue weighted by atomic mass is 10.1. The van der Waals surface area contributed by atoms with Crippen LogP contribution in [0.15, 0.2) is 24.5 Å². The number of ketones is 1. The van der Waals surface area contributed by atoms with Gasteiger partial charge in [0.15, 0.2) is 5.78 Å². The third kappa shape index (κ3) is 2.38. The molecule has 0 bridgehead atoms. The third-order valence-electron chi connectivity index (χ3n) is 2.62. The van der Waals surface area contributed by atoms with Crippen molar-refractivity contribution < 1.29 is 9.18 Å². The molecule has 0 aliphatic carbocycles. The Morgan fingerprint density at radius 3 is 2.82 bits per heavy atom. The quantitative estimate of drug-likeness (QED) is 0.758. The molecule has 0 spiro atoms. The van der Waals surface area contributed by atoms with Crippen molar-refractivity contribution in [3.05, 3.63) is 47.3 Å². The second-order valence-corrected chi connectivity index (χ2v) is 3.86. The fourth-order valence-electron chi connectivity index (χ4n) is 1.49. The monoisotopic (exact) mass is 233 g/mol. The number of benzene rings is 1. The van der Waals surface area contributed by atoms with Gasteiger partial charge in [0.1, 0.15) is 18.0 Å². The fraction of sp³-hybridized carbons (Fsp3) is 0.250. The van der Waals surface area contributed by atoms with Crippen LogP contribution in [0.4, 0.5) is 4.39 Å². The number of rotatable bonds is 3. The number of hydrogen-bond donors (Lipinski definition) is 0. The number of carbonyl (C=O) groups is 1. The van der Waals surface area contributed by atoms with E-state index in [1.54, 1.807) is 26.1 Å². The zero-order valence-corrected chi connectivity index (χ0v) is 9.64. The maximum Gasteiger partial charge on any atom is 0.170 e. The predicted octanol–water partition coefficient (Wildman–Crippen LogP) is 1.69. The molecule has 0 radical (unpaired) electrons. The topological polar surface area (TPSA) is 47.8 Å². The van der Waals surface area contributed by atoms with E-state index < -0.39 is 0 Å². The molecule has 1 aromatic heterocycles. The highest BCUT2D eigenvalue weighted by Crippen LogP contribution is 2.11. The van der Waals surface area contributed by atoms with E-state index in [1.165, 1.54) is 17.1 Å². The van der Waals surface area contributed by atoms with Crippen LogP contribution in [-0.4, -0.2) is 20.5 Å². The molecule has 2 aromatic rings. The van der Waals surface area contributed by atoms with Gasteiger partial charge in [-0.05, 0) is 18.6 Å². The first kappa shape index (κ1) is 11.4. The summed E-state index contributed by atoms with van der Waals surface area (Å²) < 4.78 is 14.8. The number of Topliss-reactive ketones (excluding diaryl/α,β-unsaturated/α-hetero) is 1. The van der Waals surface area contributed by atoms with E-state index in [1.807, 2.05) is 0 Å². The van der Waals surface area contributed by atoms with Gasteiger partial charge in [0.05, 0.1) is 6.42 Å². The summed E-state index contributed by atoms with van der Waals surface area (Å²) in [4.78, 5) is 15.8. The minimum absolute atomic E-state index is 0.124. The van der Waals surface area contributed by atoms with E-state index in [4.69, 9.17) is 0 Å². The Hall–Kier alpha value is -2.04. The van der Waals surface area contributed by atoms with Crippen molar-refractivity contribution in [3.8, 4) is 0 Å². The number of halogens is 1. The molecule has 4 nitrogen and oxygen atoms in total. The van der Waals surface area contributed by atoms with Crippen LogP contribution in [0, 0.1) is 12.7 Å². The molecular weight excluding hydrogens is 221 g/mol. The average molecular weight is 233 g/mol. The first-order chi connectivity index (χ1) is 8.08. The summed E-state index contributed by atoms with van der Waals surface area (Å²) in [5.41, 5.74) is 0.885. The number of aryl methyl sites for hydroxylation is 2. The molecule has 0 saturated carbocycles. The Kier molecular flexibility index (Phi) is 2.99. The van der Waals surface area contributed by atoms with Crippen molar-refractivity contribution in [2.75, 3.05) is 0 Å². The van der Waals surface area contributed by atoms with Gasteiger partial charge in [0.2, 0.25) is 0 Å². The van der Waals surface area contributed by atoms with Crippen molar-refractivity contribution in [1.29, 1.82) is 0 Å². The van der Waals surface area contributed by atoms with Gasteiger partial charge in [0, 0.05) is 12.6 Å². The fourth-order valence-corrected chi connectivity index (χ4v) is 1.49. The van der Waals surface area contributed by atoms with Gasteiger partial charge in [-0.25, -0.2) is 9.37 Å². The van der Waals surface area contributed by atoms with Crippen molar-refractivity contribution in [3.63, 3.8) is 0 Å². The van der Waals surface area contributed by atoms with Gasteiger partial charge in [-0.2, -0.15) is 5.10 Å². The number of aromatic nitrogens is 3. The highest BCUT2D eigenvalue weighted by molar-refractivity contribution is 5.97. The van der Waals surface area contributed by atoms with Crippen LogP contribution in [0.5, 0.6) is 0 Å². The summed E-state index contributed by atoms with van der Waals surface area (Å²) in [6.07, 6.45) is 1.51. The molecule has 0 aliphatic heterocycles. The van der Waals surface area contributed by atoms with E-state index in [9.17, 15) is 9.18 Å². The van der Waals surface area contributed by atoms with Gasteiger partial charge < -0.3 is 0 Å². The van der Waals surface area contributed by atoms with Crippen molar-refractivity contribution >= 4 is 5.78 Å². The highest BCUT2D eigenvalue weighted by Gasteiger charge is 2.12. The molecule has 17 heavy (non-hydrogen) atoms. The van der Waals surface area contributed by atoms with Crippen molar-refractivity contribution in [2.45, 2.75) is 13.3 Å². The molecular formula is C12H12FN3O. The first-order valence-electron chi connectivity index (χ1n) is 5.20. The first-order valence-corrected chi connectivity index (χ1v) is 5.20. The summed E-state index contributed by atoms with van der Waals surface area (Å²) >= 11 is 0. The second-order valence-electron chi connectivity index (χ2n) is 3.86. The molecule has 5 heteroatoms. The van der Waals surface area contributed by atoms with Crippen LogP contribution in [-0.2, 0) is 13.5 Å². The minimum Gasteiger partial charge on any atom is -0.294 e. The number of carbonyl (C=O) groups excluding carboxylic acids is 1. The van der Waals surface area contributed by atoms with Gasteiger partial charge in [0.25, 0.3) is 0 Å². The van der Waals surface area contributed by atoms with E-state index in [-0.39, 0.29) is 18.0 Å². The Balaban J connectivity index is 2.20. The van der Waals surface area contributed by atoms with E-state index in [0.717, 1.165) is 0 Å². The van der Waals surface area contributed by atoms with E-state index >= 15 is 0 Å². The van der Waals surface area contributed by atoms with Crippen LogP contribution in [0.1, 0.15) is 21.7 Å². The lowest BCUT2D eigenvalue weighted by Crippen LogP contribution is -2.09. The molecule has 0 fully saturated rings. The number of hydrogen-bond acceptors (Lipinski definition) is 3. The van der Waals surface area contributed by atoms with E-state index in [0.29, 0.717) is 17.0 Å². The summed E-state index contributed by atoms with van der Waals surface area (Å²) in [7, 11) is 1.71. The van der Waals surface area contributed by atoms with Crippen LogP contribution in [0.2, 0.25) is 0 Å². The molecule has 0 aliphatic rings. The summed E-state index contributed by atoms with van der Waals surface area (Å²) in [6, 6.07) is 4.48. The SMILES string of the molecule is Cc1ccc(C(=O)Cc2ncnn2C)cc1F. The molecule has 0 amide bonds. The maximum atomic E-state index is 13.3. The average Bonchev–Trinajstić information content (AvgIpc) is 2.68. The van der Waals surface area contributed by atoms with E-state index in [2.05, 4.69) is 10.1 Å². The molecule has 1 aromatic carbocycles. The maximum absolute atomic E-state index is 13.3. The lowest BCUT2D eigenvalue weighted by Gasteiger charge is -2.02. The zero-order chi connectivity index (χ0) is 12.4. The molecule has 1 heterocycles. The summed E-state index contributed by atoms with van der Waals surface area (Å²) in [6.45, 7) is 1.66. The van der Waals surface area contributed by atoms with Crippen molar-refractivity contribution in [1.82, 2.24) is 14.8 Å². The Morgan fingerprint density at radius 1 is 1.47 bits per heavy atom. The second kappa shape index (κ2) is 4.45. The Morgan fingerprint density at radius 2 is 2.24 bits per heavy atom. The van der Waals surface area contributed by atoms with Gasteiger partial charge in [-0.15, -0.1) is 0 Å². The highest BCUT2D eigenvalue weighted by atomic mass is 19.1. The largest absolute Gasteiger partial charge is 0.294 e. The van der Waals surface area contributed by atoms with Crippen LogP contribution < -0.4 is 0 Å². The van der Waals surface area contributed by atoms with Crippen molar-refractivity contribution in [2.24, 2.45) is 7.05 Å². The van der Waals surface area contributed by atoms with Gasteiger partial charge >= 0.3 is 0 Å². The molecule has 88 valence electrons. The normalized spacial score (nSPS) is 10.5. The number of nitrogens with zero attached hydrogens (tertiary/aromatic N) is 3. The molecule has 0 unspecified atom stereocenters. The van der Waals surface area contributed by atoms with Crippen LogP contribution >= 0.6 is 0 Å². The van der Waals surface area contributed by atoms with Crippen LogP contribution in [0.3, 0.4) is 0 Å². The molecule has 0 N–H and O–H groups in total. The Labute approximate surface area is 98.1 Å². The van der Waals surface area contributed by atoms with Crippen LogP contribution in [0.25, 0.3) is 0 Å². The third-order valence-corrected chi connectivity index (χ3v) is 2.62. The predicted molar refractivity (Wildman–Crippen MR) is 60.2 cm³/mol. The smallest absolute Gasteiger partial charge is 0.170 e. The summed E-state index contributed by atoms with van der Waals surface area (Å²) in [5.74, 6) is 0.0322. The van der Waals surface area contributed by atoms with Gasteiger partial charge in [-0.1, -0.05) is 12.1 Å². The molecule has 0 atom stereocenters. The molecule has 2 rings (SSSR count). The molecule has 0 saturated heterocycles. The lowest BCUT2D eigenvalue weighted by molar-refractivity contribution is 0.0989. The Bertz CT molecular complexity index is 563. The zero-order valence-electron chi connectivity index (χ0n) is 9.64.